The summed E-state index contributed by atoms with van der Waals surface area (Å²) in [6.45, 7) is 1.82. The Balaban J connectivity index is 1.58. The second kappa shape index (κ2) is 7.22. The van der Waals surface area contributed by atoms with Gasteiger partial charge in [-0.1, -0.05) is 17.3 Å². The molecule has 124 valence electrons. The number of esters is 1. The van der Waals surface area contributed by atoms with E-state index in [4.69, 9.17) is 14.0 Å². The molecule has 0 spiro atoms. The maximum atomic E-state index is 11.8. The smallest absolute Gasteiger partial charge is 0.312 e. The van der Waals surface area contributed by atoms with Gasteiger partial charge in [0, 0.05) is 10.9 Å². The van der Waals surface area contributed by atoms with Gasteiger partial charge in [-0.15, -0.1) is 11.3 Å². The lowest BCUT2D eigenvalue weighted by Gasteiger charge is -2.00. The molecular weight excluding hydrogens is 330 g/mol. The molecule has 7 nitrogen and oxygen atoms in total. The predicted octanol–water partition coefficient (Wildman–Crippen LogP) is 2.80. The van der Waals surface area contributed by atoms with Crippen LogP contribution in [0.5, 0.6) is 5.75 Å². The van der Waals surface area contributed by atoms with Crippen LogP contribution in [0.2, 0.25) is 0 Å². The minimum Gasteiger partial charge on any atom is -0.497 e. The molecule has 0 N–H and O–H groups in total. The Morgan fingerprint density at radius 1 is 1.33 bits per heavy atom. The Bertz CT molecular complexity index is 843. The molecule has 0 aliphatic heterocycles. The van der Waals surface area contributed by atoms with E-state index in [1.165, 1.54) is 11.3 Å². The molecule has 2 heterocycles. The molecule has 0 saturated heterocycles. The lowest BCUT2D eigenvalue weighted by Crippen LogP contribution is -2.08. The third kappa shape index (κ3) is 3.96. The van der Waals surface area contributed by atoms with Crippen molar-refractivity contribution in [2.24, 2.45) is 0 Å². The molecule has 0 aliphatic carbocycles. The van der Waals surface area contributed by atoms with E-state index in [9.17, 15) is 4.79 Å². The monoisotopic (exact) mass is 345 g/mol. The number of hydrogen-bond acceptors (Lipinski definition) is 8. The first-order valence-electron chi connectivity index (χ1n) is 7.17. The van der Waals surface area contributed by atoms with Gasteiger partial charge in [-0.2, -0.15) is 4.98 Å². The summed E-state index contributed by atoms with van der Waals surface area (Å²) in [4.78, 5) is 20.2. The molecule has 3 aromatic rings. The molecule has 3 rings (SSSR count). The van der Waals surface area contributed by atoms with E-state index < -0.39 is 0 Å². The van der Waals surface area contributed by atoms with Crippen LogP contribution in [0.4, 0.5) is 0 Å². The lowest BCUT2D eigenvalue weighted by atomic mass is 10.2. The highest BCUT2D eigenvalue weighted by molar-refractivity contribution is 7.09. The number of hydrogen-bond donors (Lipinski definition) is 0. The normalized spacial score (nSPS) is 10.6. The van der Waals surface area contributed by atoms with Crippen LogP contribution in [0.1, 0.15) is 16.6 Å². The summed E-state index contributed by atoms with van der Waals surface area (Å²) < 4.78 is 15.4. The Morgan fingerprint density at radius 3 is 2.96 bits per heavy atom. The van der Waals surface area contributed by atoms with Gasteiger partial charge in [0.05, 0.1) is 24.2 Å². The fraction of sp³-hybridized carbons (Fsp3) is 0.250. The van der Waals surface area contributed by atoms with Crippen molar-refractivity contribution in [1.29, 1.82) is 0 Å². The number of methoxy groups -OCH3 is 1. The van der Waals surface area contributed by atoms with Crippen LogP contribution in [-0.4, -0.2) is 28.2 Å². The molecule has 0 saturated carbocycles. The van der Waals surface area contributed by atoms with Crippen molar-refractivity contribution in [3.05, 3.63) is 46.2 Å². The first kappa shape index (κ1) is 16.1. The van der Waals surface area contributed by atoms with Crippen LogP contribution in [0, 0.1) is 6.92 Å². The lowest BCUT2D eigenvalue weighted by molar-refractivity contribution is -0.144. The highest BCUT2D eigenvalue weighted by Crippen LogP contribution is 2.21. The molecule has 0 fully saturated rings. The zero-order valence-electron chi connectivity index (χ0n) is 13.2. The van der Waals surface area contributed by atoms with Gasteiger partial charge >= 0.3 is 5.97 Å². The van der Waals surface area contributed by atoms with E-state index in [0.29, 0.717) is 17.3 Å². The van der Waals surface area contributed by atoms with Gasteiger partial charge in [0.2, 0.25) is 5.82 Å². The maximum Gasteiger partial charge on any atom is 0.312 e. The quantitative estimate of drug-likeness (QED) is 0.635. The number of carbonyl (C=O) groups is 1. The molecule has 0 radical (unpaired) electrons. The van der Waals surface area contributed by atoms with E-state index in [-0.39, 0.29) is 24.9 Å². The third-order valence-corrected chi connectivity index (χ3v) is 3.97. The fourth-order valence-corrected chi connectivity index (χ4v) is 2.64. The molecule has 0 bridgehead atoms. The van der Waals surface area contributed by atoms with Gasteiger partial charge in [0.15, 0.2) is 6.61 Å². The topological polar surface area (TPSA) is 87.3 Å². The molecule has 0 atom stereocenters. The number of thiazole rings is 1. The van der Waals surface area contributed by atoms with Crippen molar-refractivity contribution in [2.45, 2.75) is 20.0 Å². The van der Waals surface area contributed by atoms with Crippen molar-refractivity contribution in [3.63, 3.8) is 0 Å². The van der Waals surface area contributed by atoms with Crippen molar-refractivity contribution in [3.8, 4) is 17.1 Å². The predicted molar refractivity (Wildman–Crippen MR) is 86.6 cm³/mol. The number of carbonyl (C=O) groups excluding carboxylic acids is 1. The molecule has 1 aromatic carbocycles. The zero-order valence-corrected chi connectivity index (χ0v) is 14.0. The Morgan fingerprint density at radius 2 is 2.21 bits per heavy atom. The van der Waals surface area contributed by atoms with Crippen molar-refractivity contribution in [1.82, 2.24) is 15.1 Å². The molecule has 24 heavy (non-hydrogen) atoms. The number of rotatable bonds is 6. The van der Waals surface area contributed by atoms with Crippen LogP contribution in [0.25, 0.3) is 11.4 Å². The number of ether oxygens (including phenoxy) is 2. The first-order chi connectivity index (χ1) is 11.6. The summed E-state index contributed by atoms with van der Waals surface area (Å²) in [5.74, 6) is 0.955. The highest BCUT2D eigenvalue weighted by atomic mass is 32.1. The van der Waals surface area contributed by atoms with Crippen LogP contribution >= 0.6 is 11.3 Å². The van der Waals surface area contributed by atoms with Crippen molar-refractivity contribution in [2.75, 3.05) is 7.11 Å². The number of benzene rings is 1. The van der Waals surface area contributed by atoms with Gasteiger partial charge in [0.25, 0.3) is 5.89 Å². The fourth-order valence-electron chi connectivity index (χ4n) is 2.02. The van der Waals surface area contributed by atoms with Crippen molar-refractivity contribution < 1.29 is 18.8 Å². The van der Waals surface area contributed by atoms with E-state index in [1.807, 2.05) is 30.5 Å². The molecule has 8 heteroatoms. The maximum absolute atomic E-state index is 11.8. The van der Waals surface area contributed by atoms with Crippen LogP contribution in [-0.2, 0) is 22.6 Å². The van der Waals surface area contributed by atoms with E-state index in [1.54, 1.807) is 13.2 Å². The van der Waals surface area contributed by atoms with Crippen LogP contribution < -0.4 is 4.74 Å². The van der Waals surface area contributed by atoms with Gasteiger partial charge < -0.3 is 14.0 Å². The molecular formula is C16H15N3O4S. The number of nitrogens with zero attached hydrogens (tertiary/aromatic N) is 3. The Kier molecular flexibility index (Phi) is 4.85. The van der Waals surface area contributed by atoms with E-state index in [2.05, 4.69) is 15.1 Å². The molecule has 0 amide bonds. The van der Waals surface area contributed by atoms with Crippen LogP contribution in [0.3, 0.4) is 0 Å². The van der Waals surface area contributed by atoms with E-state index in [0.717, 1.165) is 10.6 Å². The summed E-state index contributed by atoms with van der Waals surface area (Å²) in [6.07, 6.45) is 0.126. The summed E-state index contributed by atoms with van der Waals surface area (Å²) in [5.41, 5.74) is 1.46. The molecule has 0 unspecified atom stereocenters. The summed E-state index contributed by atoms with van der Waals surface area (Å²) in [6, 6.07) is 7.30. The van der Waals surface area contributed by atoms with Gasteiger partial charge in [-0.05, 0) is 19.1 Å². The second-order valence-corrected chi connectivity index (χ2v) is 6.00. The molecule has 2 aromatic heterocycles. The average molecular weight is 345 g/mol. The summed E-state index contributed by atoms with van der Waals surface area (Å²) in [7, 11) is 1.59. The number of aryl methyl sites for hydroxylation is 1. The standard InChI is InChI=1S/C16H15N3O4S/c1-10-17-12(9-24-10)7-15(20)22-8-14-18-16(19-23-14)11-4-3-5-13(6-11)21-2/h3-6,9H,7-8H2,1-2H3. The Hall–Kier alpha value is -2.74. The third-order valence-electron chi connectivity index (χ3n) is 3.14. The summed E-state index contributed by atoms with van der Waals surface area (Å²) in [5, 5.41) is 6.64. The van der Waals surface area contributed by atoms with Gasteiger partial charge in [-0.25, -0.2) is 4.98 Å². The van der Waals surface area contributed by atoms with E-state index >= 15 is 0 Å². The second-order valence-electron chi connectivity index (χ2n) is 4.94. The van der Waals surface area contributed by atoms with Crippen molar-refractivity contribution >= 4 is 17.3 Å². The van der Waals surface area contributed by atoms with Gasteiger partial charge in [-0.3, -0.25) is 4.79 Å². The minimum atomic E-state index is -0.388. The zero-order chi connectivity index (χ0) is 16.9. The van der Waals surface area contributed by atoms with Gasteiger partial charge in [0.1, 0.15) is 5.75 Å². The minimum absolute atomic E-state index is 0.0705. The Labute approximate surface area is 142 Å². The van der Waals surface area contributed by atoms with Crippen LogP contribution in [0.15, 0.2) is 34.2 Å². The number of aromatic nitrogens is 3. The highest BCUT2D eigenvalue weighted by Gasteiger charge is 2.13. The SMILES string of the molecule is COc1cccc(-c2noc(COC(=O)Cc3csc(C)n3)n2)c1. The largest absolute Gasteiger partial charge is 0.497 e. The molecule has 0 aliphatic rings. The average Bonchev–Trinajstić information content (AvgIpc) is 3.22. The first-order valence-corrected chi connectivity index (χ1v) is 8.05. The summed E-state index contributed by atoms with van der Waals surface area (Å²) >= 11 is 1.49.